The van der Waals surface area contributed by atoms with Crippen molar-refractivity contribution in [2.24, 2.45) is 0 Å². The lowest BCUT2D eigenvalue weighted by Gasteiger charge is -2.19. The van der Waals surface area contributed by atoms with Crippen LogP contribution in [0.15, 0.2) is 30.0 Å². The van der Waals surface area contributed by atoms with E-state index in [4.69, 9.17) is 10.00 Å². The maximum absolute atomic E-state index is 11.7. The molecular formula is C18H24N2O2. The summed E-state index contributed by atoms with van der Waals surface area (Å²) in [6.45, 7) is 10.4. The van der Waals surface area contributed by atoms with E-state index >= 15 is 0 Å². The summed E-state index contributed by atoms with van der Waals surface area (Å²) in [7, 11) is 0. The third-order valence-electron chi connectivity index (χ3n) is 3.35. The van der Waals surface area contributed by atoms with Crippen LogP contribution >= 0.6 is 0 Å². The molecule has 1 aromatic carbocycles. The van der Waals surface area contributed by atoms with E-state index < -0.39 is 5.97 Å². The van der Waals surface area contributed by atoms with E-state index in [0.29, 0.717) is 11.8 Å². The molecule has 0 aliphatic heterocycles. The molecule has 0 bridgehead atoms. The smallest absolute Gasteiger partial charge is 0.350 e. The van der Waals surface area contributed by atoms with Crippen LogP contribution in [0.2, 0.25) is 0 Å². The number of nitrogens with one attached hydrogen (secondary N) is 1. The topological polar surface area (TPSA) is 62.1 Å². The van der Waals surface area contributed by atoms with Crippen LogP contribution in [0, 0.1) is 11.3 Å². The Kier molecular flexibility index (Phi) is 6.65. The predicted molar refractivity (Wildman–Crippen MR) is 88.6 cm³/mol. The maximum Gasteiger partial charge on any atom is 0.350 e. The number of esters is 1. The monoisotopic (exact) mass is 300 g/mol. The number of benzene rings is 1. The zero-order chi connectivity index (χ0) is 16.7. The van der Waals surface area contributed by atoms with Crippen molar-refractivity contribution in [3.63, 3.8) is 0 Å². The van der Waals surface area contributed by atoms with E-state index in [1.807, 2.05) is 12.1 Å². The van der Waals surface area contributed by atoms with Gasteiger partial charge in [-0.15, -0.1) is 0 Å². The number of nitrogens with zero attached hydrogens (tertiary/aromatic N) is 1. The second kappa shape index (κ2) is 8.23. The number of hydrogen-bond donors (Lipinski definition) is 1. The Morgan fingerprint density at radius 1 is 1.27 bits per heavy atom. The molecule has 0 unspecified atom stereocenters. The fourth-order valence-electron chi connectivity index (χ4n) is 2.21. The molecule has 4 nitrogen and oxygen atoms in total. The highest BCUT2D eigenvalue weighted by Gasteiger charge is 2.14. The summed E-state index contributed by atoms with van der Waals surface area (Å²) in [5.74, 6) is 0.0658. The zero-order valence-electron chi connectivity index (χ0n) is 13.9. The minimum atomic E-state index is -0.606. The van der Waals surface area contributed by atoms with Crippen molar-refractivity contribution in [2.45, 2.75) is 46.5 Å². The molecule has 0 heterocycles. The van der Waals surface area contributed by atoms with Crippen molar-refractivity contribution < 1.29 is 9.53 Å². The molecule has 0 fully saturated rings. The second-order valence-corrected chi connectivity index (χ2v) is 5.66. The number of nitriles is 1. The van der Waals surface area contributed by atoms with Crippen LogP contribution in [0.4, 0.5) is 5.69 Å². The zero-order valence-corrected chi connectivity index (χ0v) is 13.9. The van der Waals surface area contributed by atoms with Crippen molar-refractivity contribution in [3.8, 4) is 6.07 Å². The Morgan fingerprint density at radius 3 is 2.23 bits per heavy atom. The lowest BCUT2D eigenvalue weighted by atomic mass is 9.93. The largest absolute Gasteiger partial charge is 0.462 e. The number of hydrogen-bond acceptors (Lipinski definition) is 4. The van der Waals surface area contributed by atoms with Gasteiger partial charge in [0.25, 0.3) is 0 Å². The molecule has 0 aromatic heterocycles. The summed E-state index contributed by atoms with van der Waals surface area (Å²) in [6.07, 6.45) is 1.44. The average Bonchev–Trinajstić information content (AvgIpc) is 2.47. The first-order valence-electron chi connectivity index (χ1n) is 7.59. The SMILES string of the molecule is CCOC(=O)C(C#N)=CNc1c(C(C)C)cccc1C(C)C. The molecule has 1 aromatic rings. The van der Waals surface area contributed by atoms with E-state index in [2.05, 4.69) is 45.1 Å². The minimum Gasteiger partial charge on any atom is -0.462 e. The van der Waals surface area contributed by atoms with Crippen molar-refractivity contribution in [3.05, 3.63) is 41.1 Å². The van der Waals surface area contributed by atoms with Gasteiger partial charge in [-0.05, 0) is 29.9 Å². The Hall–Kier alpha value is -2.28. The number of ether oxygens (including phenoxy) is 1. The molecule has 1 N–H and O–H groups in total. The molecule has 4 heteroatoms. The van der Waals surface area contributed by atoms with Crippen LogP contribution in [0.1, 0.15) is 57.6 Å². The molecule has 0 atom stereocenters. The number of para-hydroxylation sites is 1. The van der Waals surface area contributed by atoms with Crippen LogP contribution in [0.5, 0.6) is 0 Å². The predicted octanol–water partition coefficient (Wildman–Crippen LogP) is 4.32. The third kappa shape index (κ3) is 4.36. The highest BCUT2D eigenvalue weighted by Crippen LogP contribution is 2.32. The summed E-state index contributed by atoms with van der Waals surface area (Å²) < 4.78 is 4.87. The van der Waals surface area contributed by atoms with E-state index in [1.54, 1.807) is 6.92 Å². The molecule has 1 rings (SSSR count). The van der Waals surface area contributed by atoms with E-state index in [1.165, 1.54) is 6.20 Å². The Bertz CT molecular complexity index is 569. The van der Waals surface area contributed by atoms with Crippen molar-refractivity contribution >= 4 is 11.7 Å². The highest BCUT2D eigenvalue weighted by atomic mass is 16.5. The van der Waals surface area contributed by atoms with Crippen LogP contribution in [0.25, 0.3) is 0 Å². The second-order valence-electron chi connectivity index (χ2n) is 5.66. The van der Waals surface area contributed by atoms with Gasteiger partial charge in [0.1, 0.15) is 6.07 Å². The van der Waals surface area contributed by atoms with Gasteiger partial charge in [-0.3, -0.25) is 0 Å². The summed E-state index contributed by atoms with van der Waals surface area (Å²) in [5, 5.41) is 12.2. The van der Waals surface area contributed by atoms with E-state index in [-0.39, 0.29) is 12.2 Å². The van der Waals surface area contributed by atoms with Crippen LogP contribution in [-0.4, -0.2) is 12.6 Å². The van der Waals surface area contributed by atoms with Gasteiger partial charge in [0.15, 0.2) is 5.57 Å². The Balaban J connectivity index is 3.21. The first kappa shape index (κ1) is 17.8. The minimum absolute atomic E-state index is 0.0323. The van der Waals surface area contributed by atoms with Crippen molar-refractivity contribution in [1.29, 1.82) is 5.26 Å². The van der Waals surface area contributed by atoms with Gasteiger partial charge in [-0.1, -0.05) is 45.9 Å². The van der Waals surface area contributed by atoms with E-state index in [9.17, 15) is 4.79 Å². The summed E-state index contributed by atoms with van der Waals surface area (Å²) in [5.41, 5.74) is 3.24. The van der Waals surface area contributed by atoms with Crippen LogP contribution < -0.4 is 5.32 Å². The third-order valence-corrected chi connectivity index (χ3v) is 3.35. The fraction of sp³-hybridized carbons (Fsp3) is 0.444. The van der Waals surface area contributed by atoms with Gasteiger partial charge in [0.05, 0.1) is 6.61 Å². The molecule has 0 saturated carbocycles. The maximum atomic E-state index is 11.7. The van der Waals surface area contributed by atoms with Crippen molar-refractivity contribution in [1.82, 2.24) is 0 Å². The van der Waals surface area contributed by atoms with Gasteiger partial charge < -0.3 is 10.1 Å². The summed E-state index contributed by atoms with van der Waals surface area (Å²) >= 11 is 0. The molecule has 0 aliphatic rings. The van der Waals surface area contributed by atoms with Gasteiger partial charge in [0, 0.05) is 11.9 Å². The molecule has 22 heavy (non-hydrogen) atoms. The van der Waals surface area contributed by atoms with Gasteiger partial charge in [0.2, 0.25) is 0 Å². The first-order valence-corrected chi connectivity index (χ1v) is 7.59. The number of anilines is 1. The number of rotatable bonds is 6. The standard InChI is InChI=1S/C18H24N2O2/c1-6-22-18(21)14(10-19)11-20-17-15(12(2)3)8-7-9-16(17)13(4)5/h7-9,11-13,20H,6H2,1-5H3. The molecule has 118 valence electrons. The van der Waals surface area contributed by atoms with Crippen LogP contribution in [0.3, 0.4) is 0 Å². The van der Waals surface area contributed by atoms with Crippen LogP contribution in [-0.2, 0) is 9.53 Å². The molecule has 0 radical (unpaired) electrons. The normalized spacial score (nSPS) is 11.5. The van der Waals surface area contributed by atoms with E-state index in [0.717, 1.165) is 16.8 Å². The van der Waals surface area contributed by atoms with Gasteiger partial charge in [-0.2, -0.15) is 5.26 Å². The fourth-order valence-corrected chi connectivity index (χ4v) is 2.21. The van der Waals surface area contributed by atoms with Gasteiger partial charge >= 0.3 is 5.97 Å². The Morgan fingerprint density at radius 2 is 1.82 bits per heavy atom. The number of carbonyl (C=O) groups is 1. The molecule has 0 aliphatic carbocycles. The lowest BCUT2D eigenvalue weighted by Crippen LogP contribution is -2.09. The quantitative estimate of drug-likeness (QED) is 0.483. The lowest BCUT2D eigenvalue weighted by molar-refractivity contribution is -0.138. The Labute approximate surface area is 132 Å². The summed E-state index contributed by atoms with van der Waals surface area (Å²) in [6, 6.07) is 8.03. The highest BCUT2D eigenvalue weighted by molar-refractivity contribution is 5.93. The first-order chi connectivity index (χ1) is 10.4. The van der Waals surface area contributed by atoms with Crippen molar-refractivity contribution in [2.75, 3.05) is 11.9 Å². The molecular weight excluding hydrogens is 276 g/mol. The molecule has 0 amide bonds. The van der Waals surface area contributed by atoms with Gasteiger partial charge in [-0.25, -0.2) is 4.79 Å². The summed E-state index contributed by atoms with van der Waals surface area (Å²) in [4.78, 5) is 11.7. The average molecular weight is 300 g/mol. The molecule has 0 spiro atoms. The number of carbonyl (C=O) groups excluding carboxylic acids is 1. The molecule has 0 saturated heterocycles.